The summed E-state index contributed by atoms with van der Waals surface area (Å²) >= 11 is 5.94. The SMILES string of the molecule is CO[C@@H](C)c1c(Nc2ccc([C@H](N(C)C(=O)C3CCN(S(=O)(=O)C(C)C)CC3)C(F)(F)F)cc2)cnc2nc(Cl)nn12. The number of ether oxygens (including phenoxy) is 1. The second-order valence-electron chi connectivity index (χ2n) is 10.4. The van der Waals surface area contributed by atoms with Gasteiger partial charge in [-0.3, -0.25) is 4.79 Å². The van der Waals surface area contributed by atoms with E-state index in [0.29, 0.717) is 22.0 Å². The van der Waals surface area contributed by atoms with Crippen molar-refractivity contribution in [3.63, 3.8) is 0 Å². The lowest BCUT2D eigenvalue weighted by atomic mass is 9.95. The fourth-order valence-electron chi connectivity index (χ4n) is 5.03. The molecule has 0 radical (unpaired) electrons. The van der Waals surface area contributed by atoms with Gasteiger partial charge in [-0.1, -0.05) is 12.1 Å². The third-order valence-corrected chi connectivity index (χ3v) is 9.86. The smallest absolute Gasteiger partial charge is 0.375 e. The first-order valence-electron chi connectivity index (χ1n) is 13.3. The Bertz CT molecular complexity index is 1530. The summed E-state index contributed by atoms with van der Waals surface area (Å²) in [6.45, 7) is 5.10. The maximum atomic E-state index is 14.3. The number of aromatic nitrogens is 4. The van der Waals surface area contributed by atoms with Gasteiger partial charge in [-0.2, -0.15) is 22.7 Å². The second kappa shape index (κ2) is 12.3. The van der Waals surface area contributed by atoms with Crippen molar-refractivity contribution in [1.29, 1.82) is 0 Å². The number of piperidine rings is 1. The highest BCUT2D eigenvalue weighted by molar-refractivity contribution is 7.89. The quantitative estimate of drug-likeness (QED) is 0.359. The number of carbonyl (C=O) groups excluding carboxylic acids is 1. The van der Waals surface area contributed by atoms with Gasteiger partial charge in [-0.15, -0.1) is 5.10 Å². The van der Waals surface area contributed by atoms with E-state index in [1.807, 2.05) is 0 Å². The molecular formula is C26H33ClF3N7O4S. The van der Waals surface area contributed by atoms with Gasteiger partial charge in [-0.25, -0.2) is 17.7 Å². The molecule has 0 spiro atoms. The summed E-state index contributed by atoms with van der Waals surface area (Å²) in [6, 6.07) is 3.37. The first-order chi connectivity index (χ1) is 19.6. The van der Waals surface area contributed by atoms with Crippen molar-refractivity contribution < 1.29 is 31.1 Å². The average molecular weight is 632 g/mol. The molecule has 3 aromatic rings. The van der Waals surface area contributed by atoms with E-state index >= 15 is 0 Å². The van der Waals surface area contributed by atoms with Crippen molar-refractivity contribution in [3.8, 4) is 0 Å². The Balaban J connectivity index is 1.53. The van der Waals surface area contributed by atoms with Crippen LogP contribution in [0.2, 0.25) is 5.28 Å². The zero-order valence-electron chi connectivity index (χ0n) is 23.8. The number of sulfonamides is 1. The van der Waals surface area contributed by atoms with E-state index in [9.17, 15) is 26.4 Å². The maximum absolute atomic E-state index is 14.3. The van der Waals surface area contributed by atoms with E-state index in [4.69, 9.17) is 16.3 Å². The molecule has 1 fully saturated rings. The number of methoxy groups -OCH3 is 1. The van der Waals surface area contributed by atoms with E-state index in [1.54, 1.807) is 20.8 Å². The third kappa shape index (κ3) is 6.48. The summed E-state index contributed by atoms with van der Waals surface area (Å²) in [5.41, 5.74) is 1.38. The number of halogens is 4. The summed E-state index contributed by atoms with van der Waals surface area (Å²) in [5.74, 6) is -1.13. The van der Waals surface area contributed by atoms with Crippen molar-refractivity contribution >= 4 is 44.7 Å². The predicted molar refractivity (Wildman–Crippen MR) is 151 cm³/mol. The lowest BCUT2D eigenvalue weighted by Gasteiger charge is -2.36. The Morgan fingerprint density at radius 2 is 1.79 bits per heavy atom. The summed E-state index contributed by atoms with van der Waals surface area (Å²) in [4.78, 5) is 22.2. The van der Waals surface area contributed by atoms with Crippen LogP contribution in [0, 0.1) is 5.92 Å². The molecule has 1 amide bonds. The number of hydrogen-bond acceptors (Lipinski definition) is 8. The number of hydrogen-bond donors (Lipinski definition) is 1. The summed E-state index contributed by atoms with van der Waals surface area (Å²) in [5, 5.41) is 6.65. The highest BCUT2D eigenvalue weighted by atomic mass is 35.5. The van der Waals surface area contributed by atoms with Gasteiger partial charge in [0.2, 0.25) is 21.2 Å². The molecule has 1 aliphatic heterocycles. The van der Waals surface area contributed by atoms with Gasteiger partial charge in [0.15, 0.2) is 6.04 Å². The summed E-state index contributed by atoms with van der Waals surface area (Å²) in [7, 11) is -0.855. The fourth-order valence-corrected chi connectivity index (χ4v) is 6.50. The van der Waals surface area contributed by atoms with Crippen molar-refractivity contribution in [1.82, 2.24) is 28.8 Å². The molecule has 11 nitrogen and oxygen atoms in total. The van der Waals surface area contributed by atoms with Gasteiger partial charge >= 0.3 is 6.18 Å². The first-order valence-corrected chi connectivity index (χ1v) is 15.2. The topological polar surface area (TPSA) is 122 Å². The first kappa shape index (κ1) is 31.9. The number of amides is 1. The van der Waals surface area contributed by atoms with Crippen LogP contribution in [0.15, 0.2) is 30.5 Å². The number of nitrogens with one attached hydrogen (secondary N) is 1. The maximum Gasteiger partial charge on any atom is 0.413 e. The van der Waals surface area contributed by atoms with Crippen LogP contribution in [-0.4, -0.2) is 81.8 Å². The molecule has 1 aromatic carbocycles. The van der Waals surface area contributed by atoms with Crippen LogP contribution in [-0.2, 0) is 19.6 Å². The van der Waals surface area contributed by atoms with Crippen molar-refractivity contribution in [3.05, 3.63) is 47.0 Å². The van der Waals surface area contributed by atoms with Gasteiger partial charge in [0.05, 0.1) is 28.9 Å². The van der Waals surface area contributed by atoms with Crippen LogP contribution in [0.4, 0.5) is 24.5 Å². The Hall–Kier alpha value is -3.01. The third-order valence-electron chi connectivity index (χ3n) is 7.43. The molecule has 0 bridgehead atoms. The van der Waals surface area contributed by atoms with E-state index < -0.39 is 45.4 Å². The molecule has 3 heterocycles. The molecule has 2 aromatic heterocycles. The zero-order valence-corrected chi connectivity index (χ0v) is 25.3. The van der Waals surface area contributed by atoms with Gasteiger partial charge in [0.1, 0.15) is 0 Å². The normalized spacial score (nSPS) is 17.0. The van der Waals surface area contributed by atoms with Crippen molar-refractivity contribution in [2.45, 2.75) is 57.2 Å². The number of carbonyl (C=O) groups is 1. The molecular weight excluding hydrogens is 599 g/mol. The lowest BCUT2D eigenvalue weighted by molar-refractivity contribution is -0.191. The Labute approximate surface area is 247 Å². The highest BCUT2D eigenvalue weighted by Crippen LogP contribution is 2.39. The van der Waals surface area contributed by atoms with Crippen molar-refractivity contribution in [2.24, 2.45) is 5.92 Å². The van der Waals surface area contributed by atoms with Crippen LogP contribution in [0.3, 0.4) is 0 Å². The number of rotatable bonds is 9. The van der Waals surface area contributed by atoms with E-state index in [2.05, 4.69) is 20.4 Å². The molecule has 16 heteroatoms. The molecule has 2 atom stereocenters. The number of alkyl halides is 3. The lowest BCUT2D eigenvalue weighted by Crippen LogP contribution is -2.47. The molecule has 0 unspecified atom stereocenters. The van der Waals surface area contributed by atoms with Crippen molar-refractivity contribution in [2.75, 3.05) is 32.6 Å². The Morgan fingerprint density at radius 3 is 2.33 bits per heavy atom. The Morgan fingerprint density at radius 1 is 1.17 bits per heavy atom. The van der Waals surface area contributed by atoms with Crippen LogP contribution in [0.25, 0.3) is 5.78 Å². The van der Waals surface area contributed by atoms with Gasteiger partial charge in [0.25, 0.3) is 5.78 Å². The molecule has 42 heavy (non-hydrogen) atoms. The molecule has 1 N–H and O–H groups in total. The Kier molecular flexibility index (Phi) is 9.35. The van der Waals surface area contributed by atoms with E-state index in [-0.39, 0.29) is 42.6 Å². The molecule has 4 rings (SSSR count). The largest absolute Gasteiger partial charge is 0.413 e. The predicted octanol–water partition coefficient (Wildman–Crippen LogP) is 4.74. The van der Waals surface area contributed by atoms with Crippen LogP contribution in [0.1, 0.15) is 57.0 Å². The van der Waals surface area contributed by atoms with Crippen LogP contribution in [0.5, 0.6) is 0 Å². The van der Waals surface area contributed by atoms with E-state index in [0.717, 1.165) is 7.05 Å². The summed E-state index contributed by atoms with van der Waals surface area (Å²) in [6.07, 6.45) is -3.40. The highest BCUT2D eigenvalue weighted by Gasteiger charge is 2.46. The van der Waals surface area contributed by atoms with Gasteiger partial charge in [-0.05, 0) is 62.9 Å². The van der Waals surface area contributed by atoms with Crippen LogP contribution >= 0.6 is 11.6 Å². The van der Waals surface area contributed by atoms with Gasteiger partial charge in [0, 0.05) is 38.9 Å². The number of nitrogens with zero attached hydrogens (tertiary/aromatic N) is 6. The number of anilines is 2. The summed E-state index contributed by atoms with van der Waals surface area (Å²) < 4.78 is 76.0. The number of fused-ring (bicyclic) bond motifs is 1. The average Bonchev–Trinajstić information content (AvgIpc) is 3.32. The van der Waals surface area contributed by atoms with Gasteiger partial charge < -0.3 is 15.0 Å². The van der Waals surface area contributed by atoms with E-state index in [1.165, 1.54) is 46.4 Å². The fraction of sp³-hybridized carbons (Fsp3) is 0.538. The standard InChI is InChI=1S/C26H33ClF3N7O4S/c1-15(2)42(39,40)36-12-10-18(11-13-36)23(38)35(4)22(26(28,29)30)17-6-8-19(9-7-17)32-20-14-31-25-33-24(27)34-37(25)21(20)16(3)41-5/h6-9,14-16,18,22,32H,10-13H2,1-5H3/t16-,22-/m0/s1. The molecule has 1 aliphatic rings. The molecule has 1 saturated heterocycles. The second-order valence-corrected chi connectivity index (χ2v) is 13.3. The molecule has 230 valence electrons. The molecule has 0 saturated carbocycles. The molecule has 0 aliphatic carbocycles. The minimum atomic E-state index is -4.75. The zero-order chi connectivity index (χ0) is 31.0. The van der Waals surface area contributed by atoms with Crippen LogP contribution < -0.4 is 5.32 Å². The monoisotopic (exact) mass is 631 g/mol. The minimum Gasteiger partial charge on any atom is -0.375 e. The number of benzene rings is 1. The minimum absolute atomic E-state index is 0.00319.